The quantitative estimate of drug-likeness (QED) is 0.232. The lowest BCUT2D eigenvalue weighted by Gasteiger charge is -2.17. The van der Waals surface area contributed by atoms with Crippen LogP contribution in [-0.2, 0) is 4.79 Å². The number of rotatable bonds is 6. The highest BCUT2D eigenvalue weighted by Gasteiger charge is 2.22. The Morgan fingerprint density at radius 1 is 1.16 bits per heavy atom. The zero-order valence-electron chi connectivity index (χ0n) is 13.5. The van der Waals surface area contributed by atoms with Crippen molar-refractivity contribution >= 4 is 29.4 Å². The van der Waals surface area contributed by atoms with Gasteiger partial charge in [-0.05, 0) is 35.4 Å². The van der Waals surface area contributed by atoms with Crippen molar-refractivity contribution < 1.29 is 15.0 Å². The zero-order chi connectivity index (χ0) is 18.4. The minimum atomic E-state index is -1.14. The third-order valence-corrected chi connectivity index (χ3v) is 3.64. The molecule has 2 aromatic carbocycles. The number of aliphatic hydroxyl groups excluding tert-OH is 1. The molecule has 2 rings (SSSR count). The maximum Gasteiger partial charge on any atom is 0.332 e. The summed E-state index contributed by atoms with van der Waals surface area (Å²) in [4.78, 5) is 15.7. The molecule has 7 heteroatoms. The van der Waals surface area contributed by atoms with Gasteiger partial charge in [0, 0.05) is 17.2 Å². The number of aliphatic hydroxyl groups is 1. The molecule has 1 unspecified atom stereocenters. The van der Waals surface area contributed by atoms with E-state index in [1.165, 1.54) is 6.08 Å². The number of benzene rings is 2. The predicted molar refractivity (Wildman–Crippen MR) is 98.2 cm³/mol. The second-order valence-corrected chi connectivity index (χ2v) is 5.40. The van der Waals surface area contributed by atoms with E-state index in [9.17, 15) is 15.0 Å². The third-order valence-electron chi connectivity index (χ3n) is 3.64. The van der Waals surface area contributed by atoms with Crippen molar-refractivity contribution in [1.29, 1.82) is 0 Å². The number of nitrogens with two attached hydrogens (primary N) is 3. The molecule has 2 aromatic rings. The maximum atomic E-state index is 11.8. The fourth-order valence-electron chi connectivity index (χ4n) is 2.46. The van der Waals surface area contributed by atoms with E-state index in [0.29, 0.717) is 22.5 Å². The van der Waals surface area contributed by atoms with E-state index in [4.69, 9.17) is 17.2 Å². The van der Waals surface area contributed by atoms with E-state index in [2.05, 4.69) is 4.99 Å². The highest BCUT2D eigenvalue weighted by atomic mass is 16.4. The molecule has 25 heavy (non-hydrogen) atoms. The fourth-order valence-corrected chi connectivity index (χ4v) is 2.46. The van der Waals surface area contributed by atoms with Crippen LogP contribution in [-0.4, -0.2) is 28.7 Å². The van der Waals surface area contributed by atoms with E-state index in [1.54, 1.807) is 48.5 Å². The summed E-state index contributed by atoms with van der Waals surface area (Å²) < 4.78 is 0. The molecule has 8 N–H and O–H groups in total. The minimum absolute atomic E-state index is 0.0160. The number of carbonyl (C=O) groups is 1. The summed E-state index contributed by atoms with van der Waals surface area (Å²) in [6.45, 7) is -0.393. The number of anilines is 1. The highest BCUT2D eigenvalue weighted by molar-refractivity contribution is 5.95. The van der Waals surface area contributed by atoms with Crippen LogP contribution in [0.15, 0.2) is 59.1 Å². The fraction of sp³-hybridized carbons (Fsp3) is 0.111. The van der Waals surface area contributed by atoms with Crippen LogP contribution in [0.1, 0.15) is 17.0 Å². The lowest BCUT2D eigenvalue weighted by Crippen LogP contribution is -2.22. The molecule has 0 bridgehead atoms. The molecule has 0 fully saturated rings. The maximum absolute atomic E-state index is 11.8. The van der Waals surface area contributed by atoms with Gasteiger partial charge in [-0.1, -0.05) is 30.3 Å². The van der Waals surface area contributed by atoms with Gasteiger partial charge in [0.1, 0.15) is 0 Å². The van der Waals surface area contributed by atoms with Crippen LogP contribution in [0.4, 0.5) is 11.4 Å². The first-order valence-electron chi connectivity index (χ1n) is 7.52. The van der Waals surface area contributed by atoms with Crippen LogP contribution in [0.5, 0.6) is 0 Å². The van der Waals surface area contributed by atoms with Crippen molar-refractivity contribution in [2.24, 2.45) is 16.5 Å². The van der Waals surface area contributed by atoms with Crippen molar-refractivity contribution in [3.8, 4) is 0 Å². The van der Waals surface area contributed by atoms with Gasteiger partial charge in [-0.25, -0.2) is 9.79 Å². The lowest BCUT2D eigenvalue weighted by molar-refractivity contribution is -0.133. The Labute approximate surface area is 145 Å². The number of para-hydroxylation sites is 1. The molecule has 0 radical (unpaired) electrons. The molecular formula is C18H20N4O3. The predicted octanol–water partition coefficient (Wildman–Crippen LogP) is 1.42. The van der Waals surface area contributed by atoms with Crippen LogP contribution < -0.4 is 17.2 Å². The Morgan fingerprint density at radius 3 is 2.48 bits per heavy atom. The summed E-state index contributed by atoms with van der Waals surface area (Å²) in [6.07, 6.45) is 1.46. The van der Waals surface area contributed by atoms with Crippen molar-refractivity contribution in [2.45, 2.75) is 5.92 Å². The third kappa shape index (κ3) is 4.58. The summed E-state index contributed by atoms with van der Waals surface area (Å²) in [5.74, 6) is -2.01. The van der Waals surface area contributed by atoms with Gasteiger partial charge in [0.25, 0.3) is 0 Å². The Bertz CT molecular complexity index is 827. The van der Waals surface area contributed by atoms with Crippen molar-refractivity contribution in [1.82, 2.24) is 0 Å². The van der Waals surface area contributed by atoms with E-state index < -0.39 is 18.5 Å². The normalized spacial score (nSPS) is 12.4. The summed E-state index contributed by atoms with van der Waals surface area (Å²) in [5, 5.41) is 19.4. The average molecular weight is 340 g/mol. The summed E-state index contributed by atoms with van der Waals surface area (Å²) in [7, 11) is 0. The molecule has 7 nitrogen and oxygen atoms in total. The average Bonchev–Trinajstić information content (AvgIpc) is 2.56. The van der Waals surface area contributed by atoms with Crippen molar-refractivity contribution in [3.05, 3.63) is 65.2 Å². The molecule has 0 spiro atoms. The van der Waals surface area contributed by atoms with E-state index >= 15 is 0 Å². The van der Waals surface area contributed by atoms with Gasteiger partial charge in [-0.3, -0.25) is 0 Å². The standard InChI is InChI=1S/C18H20N4O3/c19-16-7-2-1-4-12(16)9-14(17(24)25)15(10-23)11-5-3-6-13(8-11)22-18(20)21/h1-9,15,23H,10,19H2,(H,24,25)(H4,20,21,22). The molecule has 0 saturated heterocycles. The molecule has 0 aliphatic rings. The number of nitrogens with zero attached hydrogens (tertiary/aromatic N) is 1. The van der Waals surface area contributed by atoms with Crippen molar-refractivity contribution in [2.75, 3.05) is 12.3 Å². The molecular weight excluding hydrogens is 320 g/mol. The second-order valence-electron chi connectivity index (χ2n) is 5.40. The van der Waals surface area contributed by atoms with E-state index in [0.717, 1.165) is 0 Å². The molecule has 0 saturated carbocycles. The largest absolute Gasteiger partial charge is 0.478 e. The zero-order valence-corrected chi connectivity index (χ0v) is 13.5. The highest BCUT2D eigenvalue weighted by Crippen LogP contribution is 2.29. The smallest absolute Gasteiger partial charge is 0.332 e. The van der Waals surface area contributed by atoms with Gasteiger partial charge in [0.05, 0.1) is 12.3 Å². The van der Waals surface area contributed by atoms with Gasteiger partial charge in [-0.2, -0.15) is 0 Å². The first-order valence-corrected chi connectivity index (χ1v) is 7.52. The number of hydrogen-bond acceptors (Lipinski definition) is 4. The SMILES string of the molecule is NC(N)=Nc1cccc(C(CO)C(=Cc2ccccc2N)C(=O)O)c1. The van der Waals surface area contributed by atoms with Crippen LogP contribution >= 0.6 is 0 Å². The Hall–Kier alpha value is -3.32. The Morgan fingerprint density at radius 2 is 1.88 bits per heavy atom. The molecule has 1 atom stereocenters. The van der Waals surface area contributed by atoms with Gasteiger partial charge < -0.3 is 27.4 Å². The van der Waals surface area contributed by atoms with Crippen molar-refractivity contribution in [3.63, 3.8) is 0 Å². The number of aliphatic imine (C=N–C) groups is 1. The summed E-state index contributed by atoms with van der Waals surface area (Å²) >= 11 is 0. The monoisotopic (exact) mass is 340 g/mol. The first kappa shape index (κ1) is 18.0. The van der Waals surface area contributed by atoms with Gasteiger partial charge >= 0.3 is 5.97 Å². The van der Waals surface area contributed by atoms with Crippen LogP contribution in [0.2, 0.25) is 0 Å². The van der Waals surface area contributed by atoms with Crippen LogP contribution in [0.3, 0.4) is 0 Å². The molecule has 0 heterocycles. The lowest BCUT2D eigenvalue weighted by atomic mass is 9.90. The Kier molecular flexibility index (Phi) is 5.75. The number of aliphatic carboxylic acids is 1. The minimum Gasteiger partial charge on any atom is -0.478 e. The number of carboxylic acids is 1. The van der Waals surface area contributed by atoms with Crippen LogP contribution in [0, 0.1) is 0 Å². The van der Waals surface area contributed by atoms with E-state index in [-0.39, 0.29) is 11.5 Å². The number of carboxylic acid groups (broad SMARTS) is 1. The van der Waals surface area contributed by atoms with Crippen LogP contribution in [0.25, 0.3) is 6.08 Å². The molecule has 0 amide bonds. The topological polar surface area (TPSA) is 148 Å². The van der Waals surface area contributed by atoms with Gasteiger partial charge in [0.15, 0.2) is 5.96 Å². The number of hydrogen-bond donors (Lipinski definition) is 5. The Balaban J connectivity index is 2.51. The van der Waals surface area contributed by atoms with Gasteiger partial charge in [-0.15, -0.1) is 0 Å². The molecule has 0 aliphatic carbocycles. The molecule has 130 valence electrons. The van der Waals surface area contributed by atoms with Gasteiger partial charge in [0.2, 0.25) is 0 Å². The number of guanidine groups is 1. The van der Waals surface area contributed by atoms with E-state index in [1.807, 2.05) is 0 Å². The number of nitrogen functional groups attached to an aromatic ring is 1. The summed E-state index contributed by atoms with van der Waals surface area (Å²) in [5.41, 5.74) is 18.7. The first-order chi connectivity index (χ1) is 11.9. The second kappa shape index (κ2) is 7.98. The molecule has 0 aliphatic heterocycles. The molecule has 0 aromatic heterocycles. The summed E-state index contributed by atoms with van der Waals surface area (Å²) in [6, 6.07) is 13.6.